The fraction of sp³-hybridized carbons (Fsp3) is 0.857. The third-order valence-electron chi connectivity index (χ3n) is 1.77. The molecular formula is C7H15N5O. The summed E-state index contributed by atoms with van der Waals surface area (Å²) in [5, 5.41) is 6.26. The van der Waals surface area contributed by atoms with Crippen LogP contribution < -0.4 is 11.1 Å². The molecule has 6 nitrogen and oxygen atoms in total. The van der Waals surface area contributed by atoms with Gasteiger partial charge in [0, 0.05) is 11.0 Å². The van der Waals surface area contributed by atoms with Gasteiger partial charge in [0.25, 0.3) is 0 Å². The minimum atomic E-state index is -0.564. The van der Waals surface area contributed by atoms with Crippen LogP contribution in [0.25, 0.3) is 10.4 Å². The second-order valence-corrected chi connectivity index (χ2v) is 2.84. The molecule has 0 bridgehead atoms. The van der Waals surface area contributed by atoms with E-state index in [1.807, 2.05) is 13.8 Å². The molecule has 0 radical (unpaired) electrons. The van der Waals surface area contributed by atoms with Crippen LogP contribution in [0.3, 0.4) is 0 Å². The second kappa shape index (κ2) is 6.28. The number of hydrogen-bond acceptors (Lipinski definition) is 3. The van der Waals surface area contributed by atoms with E-state index in [-0.39, 0.29) is 12.6 Å². The first-order valence-corrected chi connectivity index (χ1v) is 4.18. The van der Waals surface area contributed by atoms with Gasteiger partial charge in [-0.1, -0.05) is 12.0 Å². The number of nitrogens with one attached hydrogen (secondary N) is 1. The molecule has 0 aromatic carbocycles. The molecule has 3 N–H and O–H groups in total. The van der Waals surface area contributed by atoms with Gasteiger partial charge in [0.1, 0.15) is 0 Å². The maximum Gasteiger partial charge on any atom is 0.234 e. The number of amides is 1. The van der Waals surface area contributed by atoms with Crippen molar-refractivity contribution in [3.05, 3.63) is 10.4 Å². The van der Waals surface area contributed by atoms with Crippen molar-refractivity contribution in [2.24, 2.45) is 10.8 Å². The molecule has 0 rings (SSSR count). The van der Waals surface area contributed by atoms with Crippen molar-refractivity contribution in [1.82, 2.24) is 5.32 Å². The quantitative estimate of drug-likeness (QED) is 0.358. The van der Waals surface area contributed by atoms with E-state index >= 15 is 0 Å². The highest BCUT2D eigenvalue weighted by molar-refractivity contribution is 5.80. The number of nitrogens with two attached hydrogens (primary N) is 1. The SMILES string of the molecule is CCC(C)NC(CN=[N+]=[N-])C(N)=O. The average molecular weight is 185 g/mol. The average Bonchev–Trinajstić information content (AvgIpc) is 2.11. The Bertz CT molecular complexity index is 211. The summed E-state index contributed by atoms with van der Waals surface area (Å²) in [6.07, 6.45) is 0.889. The zero-order chi connectivity index (χ0) is 10.3. The Morgan fingerprint density at radius 2 is 2.38 bits per heavy atom. The molecule has 0 fully saturated rings. The van der Waals surface area contributed by atoms with Crippen molar-refractivity contribution in [2.75, 3.05) is 6.54 Å². The number of carbonyl (C=O) groups excluding carboxylic acids is 1. The van der Waals surface area contributed by atoms with Crippen LogP contribution in [0, 0.1) is 0 Å². The van der Waals surface area contributed by atoms with Crippen LogP contribution in [0.1, 0.15) is 20.3 Å². The summed E-state index contributed by atoms with van der Waals surface area (Å²) in [6.45, 7) is 3.99. The molecule has 2 atom stereocenters. The third kappa shape index (κ3) is 5.05. The van der Waals surface area contributed by atoms with Gasteiger partial charge < -0.3 is 11.1 Å². The molecule has 0 aliphatic rings. The van der Waals surface area contributed by atoms with Crippen LogP contribution >= 0.6 is 0 Å². The molecule has 0 saturated carbocycles. The zero-order valence-corrected chi connectivity index (χ0v) is 7.90. The highest BCUT2D eigenvalue weighted by Crippen LogP contribution is 1.93. The summed E-state index contributed by atoms with van der Waals surface area (Å²) in [4.78, 5) is 13.4. The molecule has 1 amide bonds. The van der Waals surface area contributed by atoms with E-state index < -0.39 is 11.9 Å². The van der Waals surface area contributed by atoms with Gasteiger partial charge in [0.15, 0.2) is 0 Å². The van der Waals surface area contributed by atoms with Gasteiger partial charge in [0.05, 0.1) is 12.6 Å². The Morgan fingerprint density at radius 3 is 2.77 bits per heavy atom. The van der Waals surface area contributed by atoms with Gasteiger partial charge in [0.2, 0.25) is 5.91 Å². The maximum absolute atomic E-state index is 10.8. The number of carbonyl (C=O) groups is 1. The van der Waals surface area contributed by atoms with E-state index in [2.05, 4.69) is 15.3 Å². The fourth-order valence-electron chi connectivity index (χ4n) is 0.804. The standard InChI is InChI=1S/C7H15N5O/c1-3-5(2)11-6(7(8)13)4-10-12-9/h5-6,11H,3-4H2,1-2H3,(H2,8,13). The Labute approximate surface area is 77.1 Å². The topological polar surface area (TPSA) is 104 Å². The molecule has 0 aromatic rings. The van der Waals surface area contributed by atoms with Gasteiger partial charge in [-0.05, 0) is 18.9 Å². The minimum absolute atomic E-state index is 0.0656. The van der Waals surface area contributed by atoms with E-state index in [1.54, 1.807) is 0 Å². The monoisotopic (exact) mass is 185 g/mol. The van der Waals surface area contributed by atoms with E-state index in [0.29, 0.717) is 0 Å². The summed E-state index contributed by atoms with van der Waals surface area (Å²) in [6, 6.07) is -0.378. The summed E-state index contributed by atoms with van der Waals surface area (Å²) in [7, 11) is 0. The molecule has 13 heavy (non-hydrogen) atoms. The van der Waals surface area contributed by atoms with Gasteiger partial charge in [-0.25, -0.2) is 0 Å². The van der Waals surface area contributed by atoms with Crippen LogP contribution in [0.5, 0.6) is 0 Å². The lowest BCUT2D eigenvalue weighted by atomic mass is 10.2. The smallest absolute Gasteiger partial charge is 0.234 e. The predicted octanol–water partition coefficient (Wildman–Crippen LogP) is 0.539. The first kappa shape index (κ1) is 11.7. The van der Waals surface area contributed by atoms with Crippen LogP contribution in [0.4, 0.5) is 0 Å². The van der Waals surface area contributed by atoms with Gasteiger partial charge >= 0.3 is 0 Å². The lowest BCUT2D eigenvalue weighted by molar-refractivity contribution is -0.119. The molecule has 0 spiro atoms. The van der Waals surface area contributed by atoms with Crippen LogP contribution in [-0.2, 0) is 4.79 Å². The van der Waals surface area contributed by atoms with E-state index in [0.717, 1.165) is 6.42 Å². The summed E-state index contributed by atoms with van der Waals surface area (Å²) >= 11 is 0. The normalized spacial score (nSPS) is 14.3. The number of primary amides is 1. The zero-order valence-electron chi connectivity index (χ0n) is 7.90. The Hall–Kier alpha value is -1.26. The Kier molecular flexibility index (Phi) is 5.67. The molecule has 0 aliphatic carbocycles. The van der Waals surface area contributed by atoms with Gasteiger partial charge in [-0.3, -0.25) is 4.79 Å². The van der Waals surface area contributed by atoms with Gasteiger partial charge in [-0.2, -0.15) is 0 Å². The number of nitrogens with zero attached hydrogens (tertiary/aromatic N) is 3. The highest BCUT2D eigenvalue weighted by atomic mass is 16.1. The molecule has 0 saturated heterocycles. The summed E-state index contributed by atoms with van der Waals surface area (Å²) in [5.41, 5.74) is 13.2. The lowest BCUT2D eigenvalue weighted by Crippen LogP contribution is -2.47. The molecule has 6 heteroatoms. The highest BCUT2D eigenvalue weighted by Gasteiger charge is 2.15. The van der Waals surface area contributed by atoms with E-state index in [1.165, 1.54) is 0 Å². The first-order chi connectivity index (χ1) is 6.11. The molecule has 0 aliphatic heterocycles. The first-order valence-electron chi connectivity index (χ1n) is 4.18. The van der Waals surface area contributed by atoms with Gasteiger partial charge in [-0.15, -0.1) is 0 Å². The van der Waals surface area contributed by atoms with Crippen molar-refractivity contribution < 1.29 is 4.79 Å². The van der Waals surface area contributed by atoms with Crippen molar-refractivity contribution in [3.8, 4) is 0 Å². The molecule has 0 heterocycles. The fourth-order valence-corrected chi connectivity index (χ4v) is 0.804. The third-order valence-corrected chi connectivity index (χ3v) is 1.77. The molecule has 2 unspecified atom stereocenters. The Balaban J connectivity index is 4.09. The summed E-state index contributed by atoms with van der Waals surface area (Å²) < 4.78 is 0. The van der Waals surface area contributed by atoms with E-state index in [9.17, 15) is 4.79 Å². The van der Waals surface area contributed by atoms with Crippen molar-refractivity contribution in [1.29, 1.82) is 0 Å². The number of azide groups is 1. The predicted molar refractivity (Wildman–Crippen MR) is 49.9 cm³/mol. The van der Waals surface area contributed by atoms with Crippen LogP contribution in [0.15, 0.2) is 5.11 Å². The lowest BCUT2D eigenvalue weighted by Gasteiger charge is -2.17. The number of rotatable bonds is 6. The van der Waals surface area contributed by atoms with Crippen molar-refractivity contribution >= 4 is 5.91 Å². The molecule has 0 aromatic heterocycles. The summed E-state index contributed by atoms with van der Waals surface area (Å²) in [5.74, 6) is -0.493. The maximum atomic E-state index is 10.8. The van der Waals surface area contributed by atoms with Crippen LogP contribution in [0.2, 0.25) is 0 Å². The van der Waals surface area contributed by atoms with Crippen molar-refractivity contribution in [3.63, 3.8) is 0 Å². The molecule has 74 valence electrons. The van der Waals surface area contributed by atoms with E-state index in [4.69, 9.17) is 11.3 Å². The molecular weight excluding hydrogens is 170 g/mol. The van der Waals surface area contributed by atoms with Crippen LogP contribution in [-0.4, -0.2) is 24.5 Å². The Morgan fingerprint density at radius 1 is 1.77 bits per heavy atom. The largest absolute Gasteiger partial charge is 0.368 e. The minimum Gasteiger partial charge on any atom is -0.368 e. The second-order valence-electron chi connectivity index (χ2n) is 2.84. The van der Waals surface area contributed by atoms with Crippen molar-refractivity contribution in [2.45, 2.75) is 32.4 Å². The number of hydrogen-bond donors (Lipinski definition) is 2.